The van der Waals surface area contributed by atoms with E-state index in [0.29, 0.717) is 25.5 Å². The number of benzene rings is 1. The molecule has 1 aromatic carbocycles. The van der Waals surface area contributed by atoms with Crippen LogP contribution >= 0.6 is 11.6 Å². The minimum absolute atomic E-state index is 0.0664. The predicted molar refractivity (Wildman–Crippen MR) is 101 cm³/mol. The first-order chi connectivity index (χ1) is 13.0. The van der Waals surface area contributed by atoms with E-state index >= 15 is 0 Å². The van der Waals surface area contributed by atoms with Gasteiger partial charge in [0.1, 0.15) is 17.5 Å². The van der Waals surface area contributed by atoms with E-state index in [0.717, 1.165) is 30.2 Å². The number of nitrogens with one attached hydrogen (secondary N) is 1. The lowest BCUT2D eigenvalue weighted by atomic mass is 10.1. The number of aromatic nitrogens is 2. The van der Waals surface area contributed by atoms with E-state index < -0.39 is 5.82 Å². The molecule has 0 unspecified atom stereocenters. The van der Waals surface area contributed by atoms with E-state index in [9.17, 15) is 9.18 Å². The molecule has 0 radical (unpaired) electrons. The fraction of sp³-hybridized carbons (Fsp3) is 0.421. The molecule has 8 heteroatoms. The van der Waals surface area contributed by atoms with Gasteiger partial charge in [0, 0.05) is 31.3 Å². The molecule has 0 aliphatic carbocycles. The lowest BCUT2D eigenvalue weighted by Crippen LogP contribution is -2.37. The van der Waals surface area contributed by atoms with E-state index in [2.05, 4.69) is 20.2 Å². The number of amides is 1. The van der Waals surface area contributed by atoms with Crippen molar-refractivity contribution in [2.24, 2.45) is 0 Å². The average molecular weight is 393 g/mol. The number of carbonyl (C=O) groups excluding carboxylic acids is 1. The number of carbonyl (C=O) groups is 1. The van der Waals surface area contributed by atoms with Gasteiger partial charge in [-0.3, -0.25) is 4.79 Å². The second-order valence-corrected chi connectivity index (χ2v) is 6.82. The third-order valence-corrected chi connectivity index (χ3v) is 4.58. The zero-order valence-corrected chi connectivity index (χ0v) is 15.9. The summed E-state index contributed by atoms with van der Waals surface area (Å²) in [6.07, 6.45) is 0.767. The van der Waals surface area contributed by atoms with Crippen molar-refractivity contribution in [3.63, 3.8) is 0 Å². The lowest BCUT2D eigenvalue weighted by Gasteiger charge is -2.28. The SMILES string of the molecule is Cc1cc(N2CCOCC2)nc(CNC(=O)CCc2ccc(F)c(Cl)c2)n1. The maximum absolute atomic E-state index is 13.2. The van der Waals surface area contributed by atoms with Gasteiger partial charge in [0.15, 0.2) is 0 Å². The summed E-state index contributed by atoms with van der Waals surface area (Å²) < 4.78 is 18.5. The van der Waals surface area contributed by atoms with Gasteiger partial charge in [-0.2, -0.15) is 0 Å². The predicted octanol–water partition coefficient (Wildman–Crippen LogP) is 2.66. The molecule has 1 fully saturated rings. The van der Waals surface area contributed by atoms with Crippen LogP contribution in [-0.4, -0.2) is 42.2 Å². The van der Waals surface area contributed by atoms with Gasteiger partial charge in [-0.1, -0.05) is 17.7 Å². The van der Waals surface area contributed by atoms with Crippen molar-refractivity contribution in [3.8, 4) is 0 Å². The number of rotatable bonds is 6. The second kappa shape index (κ2) is 9.10. The highest BCUT2D eigenvalue weighted by Gasteiger charge is 2.14. The molecule has 1 aliphatic rings. The fourth-order valence-corrected chi connectivity index (χ4v) is 3.07. The Hall–Kier alpha value is -2.25. The molecular formula is C19H22ClFN4O2. The molecule has 27 heavy (non-hydrogen) atoms. The van der Waals surface area contributed by atoms with Crippen molar-refractivity contribution < 1.29 is 13.9 Å². The molecule has 2 heterocycles. The molecule has 144 valence electrons. The molecule has 1 saturated heterocycles. The van der Waals surface area contributed by atoms with Gasteiger partial charge in [0.05, 0.1) is 24.8 Å². The van der Waals surface area contributed by atoms with Crippen LogP contribution in [0, 0.1) is 12.7 Å². The van der Waals surface area contributed by atoms with Crippen molar-refractivity contribution in [1.29, 1.82) is 0 Å². The van der Waals surface area contributed by atoms with Crippen molar-refractivity contribution >= 4 is 23.3 Å². The third kappa shape index (κ3) is 5.61. The zero-order chi connectivity index (χ0) is 19.2. The molecule has 1 amide bonds. The highest BCUT2D eigenvalue weighted by Crippen LogP contribution is 2.17. The molecule has 0 bridgehead atoms. The normalized spacial score (nSPS) is 14.3. The summed E-state index contributed by atoms with van der Waals surface area (Å²) in [6.45, 7) is 5.13. The number of hydrogen-bond acceptors (Lipinski definition) is 5. The molecule has 6 nitrogen and oxygen atoms in total. The highest BCUT2D eigenvalue weighted by molar-refractivity contribution is 6.30. The molecule has 1 aliphatic heterocycles. The largest absolute Gasteiger partial charge is 0.378 e. The van der Waals surface area contributed by atoms with Crippen LogP contribution < -0.4 is 10.2 Å². The Kier molecular flexibility index (Phi) is 6.58. The average Bonchev–Trinajstić information content (AvgIpc) is 2.67. The first-order valence-electron chi connectivity index (χ1n) is 8.89. The minimum atomic E-state index is -0.461. The molecule has 0 atom stereocenters. The molecule has 0 spiro atoms. The van der Waals surface area contributed by atoms with Gasteiger partial charge in [-0.25, -0.2) is 14.4 Å². The fourth-order valence-electron chi connectivity index (χ4n) is 2.86. The minimum Gasteiger partial charge on any atom is -0.378 e. The molecule has 3 rings (SSSR count). The van der Waals surface area contributed by atoms with Crippen molar-refractivity contribution in [1.82, 2.24) is 15.3 Å². The number of morpholine rings is 1. The first-order valence-corrected chi connectivity index (χ1v) is 9.27. The van der Waals surface area contributed by atoms with Crippen LogP contribution in [0.2, 0.25) is 5.02 Å². The van der Waals surface area contributed by atoms with E-state index in [1.165, 1.54) is 6.07 Å². The van der Waals surface area contributed by atoms with Gasteiger partial charge in [-0.05, 0) is 31.0 Å². The van der Waals surface area contributed by atoms with E-state index in [1.54, 1.807) is 12.1 Å². The summed E-state index contributed by atoms with van der Waals surface area (Å²) >= 11 is 5.76. The van der Waals surface area contributed by atoms with Gasteiger partial charge in [0.25, 0.3) is 0 Å². The standard InChI is InChI=1S/C19H22ClFN4O2/c1-13-10-18(25-6-8-27-9-7-25)24-17(23-13)12-22-19(26)5-3-14-2-4-16(21)15(20)11-14/h2,4,10-11H,3,5-9,12H2,1H3,(H,22,26). The van der Waals surface area contributed by atoms with Crippen LogP contribution in [0.15, 0.2) is 24.3 Å². The van der Waals surface area contributed by atoms with Gasteiger partial charge in [-0.15, -0.1) is 0 Å². The number of anilines is 1. The van der Waals surface area contributed by atoms with Crippen molar-refractivity contribution in [2.45, 2.75) is 26.3 Å². The first kappa shape index (κ1) is 19.5. The molecule has 0 saturated carbocycles. The van der Waals surface area contributed by atoms with Crippen molar-refractivity contribution in [3.05, 3.63) is 52.2 Å². The van der Waals surface area contributed by atoms with Crippen LogP contribution in [-0.2, 0) is 22.5 Å². The monoisotopic (exact) mass is 392 g/mol. The Morgan fingerprint density at radius 2 is 2.07 bits per heavy atom. The molecular weight excluding hydrogens is 371 g/mol. The summed E-state index contributed by atoms with van der Waals surface area (Å²) in [7, 11) is 0. The quantitative estimate of drug-likeness (QED) is 0.818. The summed E-state index contributed by atoms with van der Waals surface area (Å²) in [6, 6.07) is 6.42. The number of nitrogens with zero attached hydrogens (tertiary/aromatic N) is 3. The Morgan fingerprint density at radius 1 is 1.30 bits per heavy atom. The lowest BCUT2D eigenvalue weighted by molar-refractivity contribution is -0.121. The summed E-state index contributed by atoms with van der Waals surface area (Å²) in [5.74, 6) is 0.858. The van der Waals surface area contributed by atoms with E-state index in [1.807, 2.05) is 13.0 Å². The van der Waals surface area contributed by atoms with Gasteiger partial charge >= 0.3 is 0 Å². The molecule has 1 aromatic heterocycles. The molecule has 1 N–H and O–H groups in total. The van der Waals surface area contributed by atoms with Crippen LogP contribution in [0.25, 0.3) is 0 Å². The third-order valence-electron chi connectivity index (χ3n) is 4.29. The summed E-state index contributed by atoms with van der Waals surface area (Å²) in [4.78, 5) is 23.2. The van der Waals surface area contributed by atoms with E-state index in [-0.39, 0.29) is 23.9 Å². The van der Waals surface area contributed by atoms with Crippen LogP contribution in [0.1, 0.15) is 23.5 Å². The highest BCUT2D eigenvalue weighted by atomic mass is 35.5. The van der Waals surface area contributed by atoms with Gasteiger partial charge < -0.3 is 15.0 Å². The zero-order valence-electron chi connectivity index (χ0n) is 15.2. The number of ether oxygens (including phenoxy) is 1. The smallest absolute Gasteiger partial charge is 0.220 e. The number of halogens is 2. The topological polar surface area (TPSA) is 67.3 Å². The number of aryl methyl sites for hydroxylation is 2. The van der Waals surface area contributed by atoms with Crippen LogP contribution in [0.3, 0.4) is 0 Å². The Bertz CT molecular complexity index is 812. The van der Waals surface area contributed by atoms with E-state index in [4.69, 9.17) is 16.3 Å². The maximum Gasteiger partial charge on any atom is 0.220 e. The summed E-state index contributed by atoms with van der Waals surface area (Å²) in [5.41, 5.74) is 1.68. The van der Waals surface area contributed by atoms with Crippen LogP contribution in [0.5, 0.6) is 0 Å². The van der Waals surface area contributed by atoms with Gasteiger partial charge in [0.2, 0.25) is 5.91 Å². The Morgan fingerprint density at radius 3 is 2.81 bits per heavy atom. The Labute approximate surface area is 162 Å². The molecule has 2 aromatic rings. The second-order valence-electron chi connectivity index (χ2n) is 6.41. The summed E-state index contributed by atoms with van der Waals surface area (Å²) in [5, 5.41) is 2.90. The Balaban J connectivity index is 1.53. The maximum atomic E-state index is 13.2. The van der Waals surface area contributed by atoms with Crippen LogP contribution in [0.4, 0.5) is 10.2 Å². The van der Waals surface area contributed by atoms with Crippen molar-refractivity contribution in [2.75, 3.05) is 31.2 Å². The number of hydrogen-bond donors (Lipinski definition) is 1.